The Bertz CT molecular complexity index is 1240. The molecule has 1 aromatic carbocycles. The molecule has 0 heterocycles. The summed E-state index contributed by atoms with van der Waals surface area (Å²) in [7, 11) is 3.01. The van der Waals surface area contributed by atoms with E-state index >= 15 is 0 Å². The zero-order valence-corrected chi connectivity index (χ0v) is 19.8. The number of hydrogen-bond donors (Lipinski definition) is 7. The lowest BCUT2D eigenvalue weighted by Crippen LogP contribution is -2.65. The minimum absolute atomic E-state index is 0.00916. The molecule has 11 nitrogen and oxygen atoms in total. The maximum Gasteiger partial charge on any atom is 0.260 e. The molecule has 1 amide bonds. The monoisotopic (exact) mass is 508 g/mol. The van der Waals surface area contributed by atoms with Crippen LogP contribution in [0, 0.1) is 11.8 Å². The van der Waals surface area contributed by atoms with Crippen LogP contribution < -0.4 is 5.32 Å². The van der Waals surface area contributed by atoms with Crippen LogP contribution in [-0.2, 0) is 15.2 Å². The molecule has 188 valence electrons. The number of Topliss-reactive ketones (excluding diaryl/α,β-unsaturated/α-hetero) is 2. The van der Waals surface area contributed by atoms with Crippen LogP contribution in [0.2, 0.25) is 5.02 Å². The summed E-state index contributed by atoms with van der Waals surface area (Å²) in [5.41, 5.74) is -6.60. The molecule has 0 aromatic heterocycles. The Kier molecular flexibility index (Phi) is 5.77. The first-order valence-corrected chi connectivity index (χ1v) is 11.1. The maximum absolute atomic E-state index is 13.5. The molecule has 1 aromatic rings. The van der Waals surface area contributed by atoms with Gasteiger partial charge in [-0.1, -0.05) is 11.6 Å². The molecule has 3 aliphatic carbocycles. The van der Waals surface area contributed by atoms with E-state index in [1.54, 1.807) is 0 Å². The Labute approximate surface area is 204 Å². The third-order valence-electron chi connectivity index (χ3n) is 7.29. The first-order chi connectivity index (χ1) is 16.2. The van der Waals surface area contributed by atoms with E-state index in [-0.39, 0.29) is 22.6 Å². The van der Waals surface area contributed by atoms with Gasteiger partial charge in [-0.15, -0.1) is 0 Å². The van der Waals surface area contributed by atoms with Crippen molar-refractivity contribution in [2.75, 3.05) is 20.8 Å². The molecule has 0 bridgehead atoms. The lowest BCUT2D eigenvalue weighted by molar-refractivity contribution is -0.152. The van der Waals surface area contributed by atoms with Gasteiger partial charge in [-0.2, -0.15) is 0 Å². The van der Waals surface area contributed by atoms with Gasteiger partial charge in [-0.25, -0.2) is 0 Å². The zero-order valence-electron chi connectivity index (χ0n) is 19.0. The predicted octanol–water partition coefficient (Wildman–Crippen LogP) is 0.0197. The van der Waals surface area contributed by atoms with Crippen molar-refractivity contribution in [3.05, 3.63) is 50.9 Å². The normalized spacial score (nSPS) is 32.4. The van der Waals surface area contributed by atoms with E-state index < -0.39 is 81.7 Å². The summed E-state index contributed by atoms with van der Waals surface area (Å²) < 4.78 is 0. The standard InChI is InChI=1S/C23H25ClN2O9/c1-22(34)8-6-9-16(26(2)3)18(30)14(21(33)25-7-27)20(32)23(9,35)19(31)12(8)17(29)13-11(28)5-4-10(24)15(13)22/h4-5,8-9,16,27-28,30-31,34-35H,6-7H2,1-3H3,(H,25,33)/t8?,9-,16-,22-,23-/m0/s1. The van der Waals surface area contributed by atoms with E-state index in [1.165, 1.54) is 32.0 Å². The smallest absolute Gasteiger partial charge is 0.260 e. The molecule has 0 saturated carbocycles. The summed E-state index contributed by atoms with van der Waals surface area (Å²) in [6.45, 7) is 0.460. The van der Waals surface area contributed by atoms with E-state index in [0.717, 1.165) is 6.07 Å². The highest BCUT2D eigenvalue weighted by Crippen LogP contribution is 2.57. The van der Waals surface area contributed by atoms with E-state index in [0.29, 0.717) is 0 Å². The van der Waals surface area contributed by atoms with E-state index in [4.69, 9.17) is 16.7 Å². The summed E-state index contributed by atoms with van der Waals surface area (Å²) in [4.78, 5) is 40.8. The molecule has 3 aliphatic rings. The van der Waals surface area contributed by atoms with Gasteiger partial charge in [0.25, 0.3) is 5.91 Å². The number of fused-ring (bicyclic) bond motifs is 3. The summed E-state index contributed by atoms with van der Waals surface area (Å²) in [5.74, 6) is -8.32. The number of rotatable bonds is 3. The van der Waals surface area contributed by atoms with Gasteiger partial charge in [-0.3, -0.25) is 19.3 Å². The Hall–Kier alpha value is -2.96. The van der Waals surface area contributed by atoms with E-state index in [1.807, 2.05) is 5.32 Å². The molecule has 0 spiro atoms. The van der Waals surface area contributed by atoms with Crippen LogP contribution in [-0.4, -0.2) is 85.5 Å². The summed E-state index contributed by atoms with van der Waals surface area (Å²) >= 11 is 6.28. The molecule has 5 atom stereocenters. The maximum atomic E-state index is 13.5. The average molecular weight is 509 g/mol. The predicted molar refractivity (Wildman–Crippen MR) is 121 cm³/mol. The van der Waals surface area contributed by atoms with Gasteiger partial charge in [0.1, 0.15) is 29.6 Å². The number of nitrogens with one attached hydrogen (secondary N) is 1. The highest BCUT2D eigenvalue weighted by atomic mass is 35.5. The van der Waals surface area contributed by atoms with Gasteiger partial charge in [-0.05, 0) is 39.6 Å². The number of likely N-dealkylation sites (N-methyl/N-ethyl adjacent to an activating group) is 1. The van der Waals surface area contributed by atoms with Crippen LogP contribution in [0.5, 0.6) is 5.75 Å². The highest BCUT2D eigenvalue weighted by Gasteiger charge is 2.66. The third-order valence-corrected chi connectivity index (χ3v) is 7.61. The van der Waals surface area contributed by atoms with Crippen molar-refractivity contribution in [1.82, 2.24) is 10.2 Å². The lowest BCUT2D eigenvalue weighted by atomic mass is 9.55. The number of halogens is 1. The summed E-state index contributed by atoms with van der Waals surface area (Å²) in [5, 5.41) is 66.8. The number of hydrogen-bond acceptors (Lipinski definition) is 10. The summed E-state index contributed by atoms with van der Waals surface area (Å²) in [6.07, 6.45) is -0.284. The second-order valence-corrected chi connectivity index (χ2v) is 9.79. The minimum Gasteiger partial charge on any atom is -0.510 e. The van der Waals surface area contributed by atoms with E-state index in [9.17, 15) is 39.9 Å². The van der Waals surface area contributed by atoms with Gasteiger partial charge in [0.2, 0.25) is 5.78 Å². The minimum atomic E-state index is -2.83. The molecule has 1 unspecified atom stereocenters. The molecule has 12 heteroatoms. The topological polar surface area (TPSA) is 188 Å². The van der Waals surface area contributed by atoms with Crippen molar-refractivity contribution in [2.24, 2.45) is 11.8 Å². The summed E-state index contributed by atoms with van der Waals surface area (Å²) in [6, 6.07) is 1.24. The van der Waals surface area contributed by atoms with Crippen LogP contribution in [0.3, 0.4) is 0 Å². The Morgan fingerprint density at radius 2 is 1.83 bits per heavy atom. The number of phenolic OH excluding ortho intramolecular Hbond substituents is 1. The van der Waals surface area contributed by atoms with Gasteiger partial charge in [0.05, 0.1) is 17.2 Å². The van der Waals surface area contributed by atoms with Gasteiger partial charge in [0, 0.05) is 28.0 Å². The van der Waals surface area contributed by atoms with Crippen LogP contribution in [0.1, 0.15) is 29.3 Å². The fourth-order valence-electron chi connectivity index (χ4n) is 5.73. The van der Waals surface area contributed by atoms with Crippen LogP contribution in [0.4, 0.5) is 0 Å². The number of benzene rings is 1. The Morgan fingerprint density at radius 3 is 2.40 bits per heavy atom. The lowest BCUT2D eigenvalue weighted by Gasteiger charge is -2.53. The number of ketones is 2. The molecule has 0 saturated heterocycles. The zero-order chi connectivity index (χ0) is 26.2. The van der Waals surface area contributed by atoms with E-state index in [2.05, 4.69) is 0 Å². The number of aliphatic hydroxyl groups is 5. The number of phenols is 1. The largest absolute Gasteiger partial charge is 0.510 e. The number of carbonyl (C=O) groups excluding carboxylic acids is 3. The molecular weight excluding hydrogens is 484 g/mol. The van der Waals surface area contributed by atoms with Crippen molar-refractivity contribution in [1.29, 1.82) is 0 Å². The highest BCUT2D eigenvalue weighted by molar-refractivity contribution is 6.33. The molecule has 0 radical (unpaired) electrons. The molecule has 7 N–H and O–H groups in total. The van der Waals surface area contributed by atoms with Gasteiger partial charge < -0.3 is 36.0 Å². The Balaban J connectivity index is 2.03. The first-order valence-electron chi connectivity index (χ1n) is 10.7. The van der Waals surface area contributed by atoms with Gasteiger partial charge >= 0.3 is 0 Å². The second kappa shape index (κ2) is 8.04. The number of amides is 1. The van der Waals surface area contributed by atoms with Crippen molar-refractivity contribution < 1.29 is 45.0 Å². The van der Waals surface area contributed by atoms with Crippen LogP contribution in [0.15, 0.2) is 34.8 Å². The molecular formula is C23H25ClN2O9. The van der Waals surface area contributed by atoms with Crippen LogP contribution in [0.25, 0.3) is 0 Å². The van der Waals surface area contributed by atoms with Crippen LogP contribution >= 0.6 is 11.6 Å². The Morgan fingerprint density at radius 1 is 1.20 bits per heavy atom. The molecule has 4 rings (SSSR count). The quantitative estimate of drug-likeness (QED) is 0.216. The average Bonchev–Trinajstić information content (AvgIpc) is 2.76. The van der Waals surface area contributed by atoms with Crippen molar-refractivity contribution in [3.63, 3.8) is 0 Å². The second-order valence-electron chi connectivity index (χ2n) is 9.38. The fourth-order valence-corrected chi connectivity index (χ4v) is 6.08. The molecule has 35 heavy (non-hydrogen) atoms. The number of aromatic hydroxyl groups is 1. The third kappa shape index (κ3) is 3.16. The van der Waals surface area contributed by atoms with Crippen molar-refractivity contribution >= 4 is 29.1 Å². The molecule has 0 fully saturated rings. The molecule has 0 aliphatic heterocycles. The van der Waals surface area contributed by atoms with Crippen molar-refractivity contribution in [3.8, 4) is 5.75 Å². The number of nitrogens with zero attached hydrogens (tertiary/aromatic N) is 1. The van der Waals surface area contributed by atoms with Gasteiger partial charge in [0.15, 0.2) is 11.4 Å². The SMILES string of the molecule is CN(C)[C@@H]1C(O)=C(C(=O)NCO)C(=O)[C@@]2(O)C(O)=C3C(=O)c4c(O)ccc(Cl)c4[C@@](C)(O)C3C[C@@H]12. The first kappa shape index (κ1) is 25.1. The fraction of sp³-hybridized carbons (Fsp3) is 0.435. The number of aliphatic hydroxyl groups excluding tert-OH is 3. The van der Waals surface area contributed by atoms with Crippen molar-refractivity contribution in [2.45, 2.75) is 30.6 Å². The number of carbonyl (C=O) groups is 3.